The van der Waals surface area contributed by atoms with Crippen LogP contribution in [0.15, 0.2) is 12.7 Å². The van der Waals surface area contributed by atoms with Gasteiger partial charge in [0.1, 0.15) is 42.0 Å². The van der Waals surface area contributed by atoms with Crippen molar-refractivity contribution in [3.63, 3.8) is 0 Å². The molecule has 3 rings (SSSR count). The third-order valence-electron chi connectivity index (χ3n) is 11.7. The number of rotatable bonds is 39. The highest BCUT2D eigenvalue weighted by molar-refractivity contribution is 8.13. The van der Waals surface area contributed by atoms with Gasteiger partial charge in [-0.2, -0.15) is 4.31 Å². The number of anilines is 1. The molecule has 0 saturated carbocycles. The molecule has 29 heteroatoms. The summed E-state index contributed by atoms with van der Waals surface area (Å²) in [6.07, 6.45) is 14.4. The van der Waals surface area contributed by atoms with E-state index in [9.17, 15) is 62.7 Å². The number of unbranched alkanes of at least 4 members (excludes halogenated alkanes) is 16. The number of hydrogen-bond donors (Lipinski definition) is 9. The average molecular weight is 1100 g/mol. The van der Waals surface area contributed by atoms with Crippen LogP contribution in [-0.4, -0.2) is 128 Å². The van der Waals surface area contributed by atoms with Crippen molar-refractivity contribution in [3.8, 4) is 0 Å². The molecule has 2 aromatic rings. The molecule has 0 radical (unpaired) electrons. The Morgan fingerprint density at radius 1 is 0.819 bits per heavy atom. The van der Waals surface area contributed by atoms with E-state index in [0.717, 1.165) is 54.7 Å². The topological polar surface area (TPSA) is 381 Å². The summed E-state index contributed by atoms with van der Waals surface area (Å²) in [6.45, 7) is 2.60. The number of aliphatic hydroxyl groups is 2. The number of fused-ring (bicyclic) bond motifs is 1. The number of Topliss-reactive ketones (excluding diaryl/α,β-unsaturated/α-hetero) is 1. The van der Waals surface area contributed by atoms with Crippen LogP contribution in [0.2, 0.25) is 0 Å². The largest absolute Gasteiger partial charge is 0.481 e. The number of amides is 2. The maximum atomic E-state index is 12.8. The molecule has 25 nitrogen and oxygen atoms in total. The molecule has 3 heterocycles. The predicted molar refractivity (Wildman–Crippen MR) is 266 cm³/mol. The Morgan fingerprint density at radius 2 is 1.39 bits per heavy atom. The molecule has 2 amide bonds. The smallest absolute Gasteiger partial charge is 0.386 e. The first-order chi connectivity index (χ1) is 33.9. The van der Waals surface area contributed by atoms with Crippen molar-refractivity contribution in [3.05, 3.63) is 12.7 Å². The molecule has 7 atom stereocenters. The molecular weight excluding hydrogens is 1030 g/mol. The lowest BCUT2D eigenvalue weighted by atomic mass is 9.87. The normalized spacial score (nSPS) is 19.5. The minimum absolute atomic E-state index is 0.0268. The van der Waals surface area contributed by atoms with Gasteiger partial charge in [0.25, 0.3) is 0 Å². The van der Waals surface area contributed by atoms with E-state index in [-0.39, 0.29) is 59.6 Å². The number of hydrogen-bond acceptors (Lipinski definition) is 19. The molecule has 0 aliphatic carbocycles. The van der Waals surface area contributed by atoms with Crippen molar-refractivity contribution in [1.29, 1.82) is 0 Å². The number of nitrogens with zero attached hydrogens (tertiary/aromatic N) is 4. The number of nitrogen functional groups attached to an aromatic ring is 1. The molecule has 1 aliphatic heterocycles. The Bertz CT molecular complexity index is 2150. The second-order valence-electron chi connectivity index (χ2n) is 18.4. The van der Waals surface area contributed by atoms with Crippen molar-refractivity contribution in [1.82, 2.24) is 30.2 Å². The fraction of sp³-hybridized carbons (Fsp3) is 0.791. The van der Waals surface area contributed by atoms with Gasteiger partial charge >= 0.3 is 23.5 Å². The molecule has 72 heavy (non-hydrogen) atoms. The number of phosphoric ester groups is 3. The van der Waals surface area contributed by atoms with E-state index in [4.69, 9.17) is 19.5 Å². The molecule has 0 bridgehead atoms. The van der Waals surface area contributed by atoms with Crippen molar-refractivity contribution < 1.29 is 85.3 Å². The van der Waals surface area contributed by atoms with Gasteiger partial charge in [-0.15, -0.1) is 0 Å². The fourth-order valence-electron chi connectivity index (χ4n) is 7.64. The lowest BCUT2D eigenvalue weighted by molar-refractivity contribution is -0.137. The van der Waals surface area contributed by atoms with Gasteiger partial charge in [-0.05, 0) is 6.42 Å². The van der Waals surface area contributed by atoms with Crippen molar-refractivity contribution in [2.75, 3.05) is 37.8 Å². The van der Waals surface area contributed by atoms with Gasteiger partial charge in [0.05, 0.1) is 26.0 Å². The SMILES string of the molecule is CCCCCCCCCCCCCCCCCCCC(=O)CC(=O)SCCNC(=O)CCNC(=O)[C@H](O)C(C)(C)COP(=O)(O)OP(=O)(O)OC[C@H]1O[C@@H](n2cnc3c(N)ncnc32)[C@H](O)[C@@H]1OP(=O)(O)O. The first-order valence-electron chi connectivity index (χ1n) is 24.5. The molecule has 10 N–H and O–H groups in total. The number of phosphoric acid groups is 3. The van der Waals surface area contributed by atoms with Gasteiger partial charge < -0.3 is 50.9 Å². The molecular formula is C43H76N7O18P3S. The van der Waals surface area contributed by atoms with Crippen molar-refractivity contribution in [2.24, 2.45) is 5.41 Å². The molecule has 1 fully saturated rings. The van der Waals surface area contributed by atoms with Crippen LogP contribution >= 0.6 is 35.2 Å². The van der Waals surface area contributed by atoms with Crippen molar-refractivity contribution >= 4 is 74.9 Å². The summed E-state index contributed by atoms with van der Waals surface area (Å²) in [5, 5.41) is 26.3. The van der Waals surface area contributed by atoms with E-state index in [1.165, 1.54) is 97.3 Å². The number of carbonyl (C=O) groups excluding carboxylic acids is 4. The van der Waals surface area contributed by atoms with Gasteiger partial charge in [0.15, 0.2) is 22.8 Å². The molecule has 1 saturated heterocycles. The van der Waals surface area contributed by atoms with Gasteiger partial charge in [0, 0.05) is 37.1 Å². The van der Waals surface area contributed by atoms with Gasteiger partial charge in [-0.3, -0.25) is 37.3 Å². The summed E-state index contributed by atoms with van der Waals surface area (Å²) in [4.78, 5) is 101. The number of ether oxygens (including phenoxy) is 1. The summed E-state index contributed by atoms with van der Waals surface area (Å²) in [5.41, 5.74) is 4.25. The van der Waals surface area contributed by atoms with Crippen LogP contribution in [0.5, 0.6) is 0 Å². The van der Waals surface area contributed by atoms with Crippen LogP contribution in [0.3, 0.4) is 0 Å². The Balaban J connectivity index is 1.26. The van der Waals surface area contributed by atoms with Crippen LogP contribution in [-0.2, 0) is 55.5 Å². The highest BCUT2D eigenvalue weighted by Crippen LogP contribution is 2.61. The van der Waals surface area contributed by atoms with Crippen LogP contribution in [0, 0.1) is 5.41 Å². The van der Waals surface area contributed by atoms with Crippen LogP contribution in [0.1, 0.15) is 155 Å². The van der Waals surface area contributed by atoms with Crippen molar-refractivity contribution in [2.45, 2.75) is 180 Å². The Kier molecular flexibility index (Phi) is 28.2. The predicted octanol–water partition coefficient (Wildman–Crippen LogP) is 5.67. The highest BCUT2D eigenvalue weighted by Gasteiger charge is 2.50. The minimum Gasteiger partial charge on any atom is -0.386 e. The number of nitrogens with one attached hydrogen (secondary N) is 2. The maximum Gasteiger partial charge on any atom is 0.481 e. The summed E-state index contributed by atoms with van der Waals surface area (Å²) in [5.74, 6) is -1.38. The first-order valence-corrected chi connectivity index (χ1v) is 30.0. The Labute approximate surface area is 424 Å². The molecule has 2 unspecified atom stereocenters. The number of thioether (sulfide) groups is 1. The second kappa shape index (κ2) is 32.0. The zero-order chi connectivity index (χ0) is 53.4. The van der Waals surface area contributed by atoms with E-state index in [2.05, 4.69) is 41.3 Å². The quantitative estimate of drug-likeness (QED) is 0.0221. The summed E-state index contributed by atoms with van der Waals surface area (Å²) < 4.78 is 62.5. The van der Waals surface area contributed by atoms with Crippen LogP contribution in [0.25, 0.3) is 11.2 Å². The standard InChI is InChI=1S/C43H76N7O18P3S/c1-4-5-6-7-8-9-10-11-12-13-14-15-16-17-18-19-20-21-31(51)26-34(53)72-25-24-45-33(52)22-23-46-41(56)38(55)43(2,3)28-65-71(62,63)68-70(60,61)64-27-32-37(67-69(57,58)59)36(54)42(66-32)50-30-49-35-39(44)47-29-48-40(35)50/h29-30,32,36-38,42,54-55H,4-28H2,1-3H3,(H,45,52)(H,46,56)(H,60,61)(H,62,63)(H2,44,47,48)(H2,57,58,59)/t32-,36-,37-,38+,42-/m1/s1. The number of imidazole rings is 1. The van der Waals surface area contributed by atoms with Gasteiger partial charge in [-0.25, -0.2) is 28.6 Å². The minimum atomic E-state index is -5.59. The third kappa shape index (κ3) is 24.3. The Morgan fingerprint density at radius 3 is 1.97 bits per heavy atom. The summed E-state index contributed by atoms with van der Waals surface area (Å²) >= 11 is 0.943. The summed E-state index contributed by atoms with van der Waals surface area (Å²) in [6, 6.07) is 0. The molecule has 0 spiro atoms. The van der Waals surface area contributed by atoms with E-state index < -0.39 is 84.6 Å². The first kappa shape index (κ1) is 63.5. The number of aliphatic hydroxyl groups excluding tert-OH is 2. The van der Waals surface area contributed by atoms with Crippen LogP contribution < -0.4 is 16.4 Å². The fourth-order valence-corrected chi connectivity index (χ4v) is 11.2. The Hall–Kier alpha value is -2.77. The number of ketones is 1. The number of carbonyl (C=O) groups is 4. The molecule has 0 aromatic carbocycles. The average Bonchev–Trinajstić information content (AvgIpc) is 3.86. The van der Waals surface area contributed by atoms with E-state index in [0.29, 0.717) is 6.42 Å². The number of aromatic nitrogens is 4. The summed E-state index contributed by atoms with van der Waals surface area (Å²) in [7, 11) is -16.5. The van der Waals surface area contributed by atoms with E-state index in [1.54, 1.807) is 0 Å². The molecule has 1 aliphatic rings. The number of nitrogens with two attached hydrogens (primary N) is 1. The van der Waals surface area contributed by atoms with Gasteiger partial charge in [0.2, 0.25) is 11.8 Å². The lowest BCUT2D eigenvalue weighted by Crippen LogP contribution is -2.46. The molecule has 412 valence electrons. The van der Waals surface area contributed by atoms with Gasteiger partial charge in [-0.1, -0.05) is 135 Å². The maximum absolute atomic E-state index is 12.8. The molecule has 2 aromatic heterocycles. The third-order valence-corrected chi connectivity index (χ3v) is 15.6. The highest BCUT2D eigenvalue weighted by atomic mass is 32.2. The second-order valence-corrected chi connectivity index (χ2v) is 23.8. The zero-order valence-corrected chi connectivity index (χ0v) is 44.9. The zero-order valence-electron chi connectivity index (χ0n) is 41.4. The monoisotopic (exact) mass is 1100 g/mol. The van der Waals surface area contributed by atoms with E-state index in [1.807, 2.05) is 0 Å². The van der Waals surface area contributed by atoms with Crippen LogP contribution in [0.4, 0.5) is 5.82 Å². The lowest BCUT2D eigenvalue weighted by Gasteiger charge is -2.30. The van der Waals surface area contributed by atoms with E-state index >= 15 is 0 Å².